The molecule has 0 saturated heterocycles. The average molecular weight is 545 g/mol. The lowest BCUT2D eigenvalue weighted by atomic mass is 9.72. The van der Waals surface area contributed by atoms with Crippen molar-refractivity contribution < 1.29 is 29.0 Å². The minimum atomic E-state index is -1.21. The second-order valence-corrected chi connectivity index (χ2v) is 11.9. The minimum Gasteiger partial charge on any atom is -0.478 e. The zero-order valence-corrected chi connectivity index (χ0v) is 23.0. The van der Waals surface area contributed by atoms with Gasteiger partial charge in [-0.3, -0.25) is 9.59 Å². The number of anilines is 2. The van der Waals surface area contributed by atoms with Gasteiger partial charge in [-0.05, 0) is 61.3 Å². The highest BCUT2D eigenvalue weighted by molar-refractivity contribution is 8.00. The normalized spacial score (nSPS) is 15.2. The predicted molar refractivity (Wildman–Crippen MR) is 146 cm³/mol. The molecule has 37 heavy (non-hydrogen) atoms. The molecular formula is C27H32N2O6S2. The summed E-state index contributed by atoms with van der Waals surface area (Å²) in [4.78, 5) is 49.9. The highest BCUT2D eigenvalue weighted by atomic mass is 32.2. The summed E-state index contributed by atoms with van der Waals surface area (Å²) in [6.45, 7) is 8.72. The van der Waals surface area contributed by atoms with Gasteiger partial charge in [-0.2, -0.15) is 0 Å². The van der Waals surface area contributed by atoms with E-state index in [2.05, 4.69) is 31.4 Å². The van der Waals surface area contributed by atoms with Crippen molar-refractivity contribution in [3.05, 3.63) is 52.4 Å². The van der Waals surface area contributed by atoms with Crippen molar-refractivity contribution >= 4 is 57.5 Å². The molecule has 0 radical (unpaired) electrons. The van der Waals surface area contributed by atoms with E-state index in [0.29, 0.717) is 22.2 Å². The Morgan fingerprint density at radius 2 is 1.95 bits per heavy atom. The smallest absolute Gasteiger partial charge is 0.341 e. The van der Waals surface area contributed by atoms with E-state index in [1.54, 1.807) is 31.2 Å². The Hall–Kier alpha value is -3.11. The van der Waals surface area contributed by atoms with Gasteiger partial charge < -0.3 is 20.5 Å². The molecule has 8 nitrogen and oxygen atoms in total. The number of benzene rings is 1. The molecular weight excluding hydrogens is 512 g/mol. The Morgan fingerprint density at radius 3 is 2.62 bits per heavy atom. The number of thioether (sulfide) groups is 1. The number of aliphatic carboxylic acids is 1. The van der Waals surface area contributed by atoms with Gasteiger partial charge in [0.2, 0.25) is 11.8 Å². The Balaban J connectivity index is 1.69. The molecule has 0 saturated carbocycles. The molecule has 198 valence electrons. The van der Waals surface area contributed by atoms with Crippen LogP contribution >= 0.6 is 23.1 Å². The number of nitrogens with one attached hydrogen (secondary N) is 2. The maximum absolute atomic E-state index is 12.9. The molecule has 1 unspecified atom stereocenters. The maximum atomic E-state index is 12.9. The fraction of sp³-hybridized carbons (Fsp3) is 0.407. The van der Waals surface area contributed by atoms with E-state index in [1.807, 2.05) is 0 Å². The van der Waals surface area contributed by atoms with E-state index in [9.17, 15) is 19.2 Å². The first-order valence-corrected chi connectivity index (χ1v) is 13.8. The topological polar surface area (TPSA) is 122 Å². The summed E-state index contributed by atoms with van der Waals surface area (Å²) in [6, 6.07) is 6.91. The van der Waals surface area contributed by atoms with Crippen LogP contribution in [0.25, 0.3) is 0 Å². The summed E-state index contributed by atoms with van der Waals surface area (Å²) in [7, 11) is 0. The van der Waals surface area contributed by atoms with E-state index >= 15 is 0 Å². The van der Waals surface area contributed by atoms with E-state index in [4.69, 9.17) is 9.84 Å². The third-order valence-electron chi connectivity index (χ3n) is 6.07. The summed E-state index contributed by atoms with van der Waals surface area (Å²) in [5.74, 6) is -1.83. The number of esters is 1. The fourth-order valence-electron chi connectivity index (χ4n) is 4.14. The van der Waals surface area contributed by atoms with Crippen LogP contribution in [0.15, 0.2) is 41.3 Å². The van der Waals surface area contributed by atoms with E-state index in [0.717, 1.165) is 46.8 Å². The number of thiophene rings is 1. The van der Waals surface area contributed by atoms with Crippen molar-refractivity contribution in [2.75, 3.05) is 23.0 Å². The van der Waals surface area contributed by atoms with E-state index in [1.165, 1.54) is 23.1 Å². The molecule has 0 fully saturated rings. The highest BCUT2D eigenvalue weighted by Crippen LogP contribution is 2.44. The number of carboxylic acid groups (broad SMARTS) is 1. The first kappa shape index (κ1) is 28.5. The minimum absolute atomic E-state index is 0.103. The zero-order valence-electron chi connectivity index (χ0n) is 21.4. The molecule has 2 amide bonds. The van der Waals surface area contributed by atoms with Crippen LogP contribution in [-0.4, -0.2) is 41.2 Å². The van der Waals surface area contributed by atoms with Gasteiger partial charge in [0, 0.05) is 27.6 Å². The molecule has 10 heteroatoms. The lowest BCUT2D eigenvalue weighted by Gasteiger charge is -2.33. The van der Waals surface area contributed by atoms with Gasteiger partial charge in [0.05, 0.1) is 17.9 Å². The van der Waals surface area contributed by atoms with Crippen molar-refractivity contribution in [2.45, 2.75) is 51.9 Å². The maximum Gasteiger partial charge on any atom is 0.341 e. The van der Waals surface area contributed by atoms with Crippen LogP contribution in [0.4, 0.5) is 10.7 Å². The van der Waals surface area contributed by atoms with Gasteiger partial charge in [-0.25, -0.2) is 9.59 Å². The highest BCUT2D eigenvalue weighted by Gasteiger charge is 2.34. The molecule has 0 bridgehead atoms. The lowest BCUT2D eigenvalue weighted by molar-refractivity contribution is -0.131. The Labute approximate surface area is 224 Å². The number of ether oxygens (including phenoxy) is 1. The summed E-state index contributed by atoms with van der Waals surface area (Å²) in [5.41, 5.74) is 2.11. The lowest BCUT2D eigenvalue weighted by Crippen LogP contribution is -2.26. The van der Waals surface area contributed by atoms with Crippen LogP contribution < -0.4 is 10.6 Å². The number of carboxylic acids is 1. The molecule has 1 aromatic heterocycles. The third-order valence-corrected chi connectivity index (χ3v) is 8.23. The summed E-state index contributed by atoms with van der Waals surface area (Å²) < 4.78 is 5.31. The number of rotatable bonds is 9. The quantitative estimate of drug-likeness (QED) is 0.220. The van der Waals surface area contributed by atoms with Crippen LogP contribution in [0.5, 0.6) is 0 Å². The summed E-state index contributed by atoms with van der Waals surface area (Å²) >= 11 is 2.75. The average Bonchev–Trinajstić information content (AvgIpc) is 3.18. The summed E-state index contributed by atoms with van der Waals surface area (Å²) in [5, 5.41) is 14.7. The largest absolute Gasteiger partial charge is 0.478 e. The van der Waals surface area contributed by atoms with Crippen LogP contribution in [0, 0.1) is 11.3 Å². The molecule has 1 aliphatic carbocycles. The van der Waals surface area contributed by atoms with Gasteiger partial charge in [-0.15, -0.1) is 23.1 Å². The second-order valence-electron chi connectivity index (χ2n) is 9.76. The van der Waals surface area contributed by atoms with Gasteiger partial charge in [-0.1, -0.05) is 26.8 Å². The SMILES string of the molecule is CCOC(=O)c1c(NC(=O)CSc2cccc(NC(=O)/C=C/C(=O)O)c2)sc2c1CCC(C(C)(C)C)C2. The van der Waals surface area contributed by atoms with Crippen LogP contribution in [0.2, 0.25) is 0 Å². The number of carbonyl (C=O) groups is 4. The predicted octanol–water partition coefficient (Wildman–Crippen LogP) is 5.39. The van der Waals surface area contributed by atoms with Gasteiger partial charge >= 0.3 is 11.9 Å². The monoisotopic (exact) mass is 544 g/mol. The van der Waals surface area contributed by atoms with Crippen LogP contribution in [0.3, 0.4) is 0 Å². The van der Waals surface area contributed by atoms with Crippen molar-refractivity contribution in [2.24, 2.45) is 11.3 Å². The van der Waals surface area contributed by atoms with Crippen molar-refractivity contribution in [1.29, 1.82) is 0 Å². The van der Waals surface area contributed by atoms with Gasteiger partial charge in [0.15, 0.2) is 0 Å². The molecule has 1 aliphatic rings. The number of fused-ring (bicyclic) bond motifs is 1. The number of amides is 2. The second kappa shape index (κ2) is 12.4. The molecule has 2 aromatic rings. The standard InChI is InChI=1S/C27H32N2O6S2/c1-5-35-26(34)24-19-10-9-16(27(2,3)4)13-20(19)37-25(24)29-22(31)15-36-18-8-6-7-17(14-18)28-21(30)11-12-23(32)33/h6-8,11-12,14,16H,5,9-10,13,15H2,1-4H3,(H,28,30)(H,29,31)(H,32,33)/b12-11+. The Bertz CT molecular complexity index is 1210. The Morgan fingerprint density at radius 1 is 1.19 bits per heavy atom. The molecule has 1 aromatic carbocycles. The molecule has 1 heterocycles. The fourth-order valence-corrected chi connectivity index (χ4v) is 6.23. The number of hydrogen-bond acceptors (Lipinski definition) is 7. The Kier molecular flexibility index (Phi) is 9.56. The van der Waals surface area contributed by atoms with E-state index in [-0.39, 0.29) is 23.7 Å². The van der Waals surface area contributed by atoms with Crippen molar-refractivity contribution in [1.82, 2.24) is 0 Å². The van der Waals surface area contributed by atoms with Crippen LogP contribution in [0.1, 0.15) is 54.9 Å². The summed E-state index contributed by atoms with van der Waals surface area (Å²) in [6.07, 6.45) is 4.34. The molecule has 0 spiro atoms. The molecule has 0 aliphatic heterocycles. The number of carbonyl (C=O) groups excluding carboxylic acids is 3. The zero-order chi connectivity index (χ0) is 27.2. The molecule has 1 atom stereocenters. The van der Waals surface area contributed by atoms with Crippen molar-refractivity contribution in [3.63, 3.8) is 0 Å². The van der Waals surface area contributed by atoms with E-state index < -0.39 is 17.8 Å². The first-order chi connectivity index (χ1) is 17.5. The third kappa shape index (κ3) is 7.93. The van der Waals surface area contributed by atoms with Gasteiger partial charge in [0.25, 0.3) is 0 Å². The number of hydrogen-bond donors (Lipinski definition) is 3. The van der Waals surface area contributed by atoms with Crippen molar-refractivity contribution in [3.8, 4) is 0 Å². The molecule has 3 rings (SSSR count). The molecule has 3 N–H and O–H groups in total. The van der Waals surface area contributed by atoms with Crippen LogP contribution in [-0.2, 0) is 32.0 Å². The van der Waals surface area contributed by atoms with Gasteiger partial charge in [0.1, 0.15) is 5.00 Å². The first-order valence-electron chi connectivity index (χ1n) is 12.0.